The van der Waals surface area contributed by atoms with Gasteiger partial charge in [-0.2, -0.15) is 0 Å². The van der Waals surface area contributed by atoms with Crippen molar-refractivity contribution in [1.82, 2.24) is 4.98 Å². The average molecular weight is 445 g/mol. The summed E-state index contributed by atoms with van der Waals surface area (Å²) < 4.78 is 5.96. The first-order valence-electron chi connectivity index (χ1n) is 8.34. The number of ether oxygens (including phenoxy) is 1. The highest BCUT2D eigenvalue weighted by molar-refractivity contribution is 9.10. The average Bonchev–Trinajstić information content (AvgIpc) is 3.05. The smallest absolute Gasteiger partial charge is 0.311 e. The molecule has 1 aromatic heterocycles. The number of aromatic nitrogens is 1. The van der Waals surface area contributed by atoms with E-state index in [4.69, 9.17) is 4.74 Å². The van der Waals surface area contributed by atoms with Crippen LogP contribution in [0.15, 0.2) is 59.1 Å². The van der Waals surface area contributed by atoms with Gasteiger partial charge in [-0.25, -0.2) is 4.98 Å². The fraction of sp³-hybridized carbons (Fsp3) is 0.150. The van der Waals surface area contributed by atoms with Crippen LogP contribution in [-0.2, 0) is 16.0 Å². The number of nitrogens with one attached hydrogen (secondary N) is 1. The number of anilines is 1. The third kappa shape index (κ3) is 5.02. The summed E-state index contributed by atoms with van der Waals surface area (Å²) in [7, 11) is 0. The molecule has 1 heterocycles. The van der Waals surface area contributed by atoms with Crippen LogP contribution in [0, 0.1) is 0 Å². The van der Waals surface area contributed by atoms with Gasteiger partial charge in [-0.15, -0.1) is 11.3 Å². The Balaban J connectivity index is 1.87. The maximum absolute atomic E-state index is 12.5. The van der Waals surface area contributed by atoms with Gasteiger partial charge in [-0.3, -0.25) is 14.9 Å². The number of nitrogens with zero attached hydrogens (tertiary/aromatic N) is 1. The quantitative estimate of drug-likeness (QED) is 0.547. The van der Waals surface area contributed by atoms with Crippen molar-refractivity contribution in [3.63, 3.8) is 0 Å². The molecule has 0 fully saturated rings. The number of hydrogen-bond acceptors (Lipinski definition) is 5. The van der Waals surface area contributed by atoms with E-state index in [-0.39, 0.29) is 18.3 Å². The molecule has 3 rings (SSSR count). The summed E-state index contributed by atoms with van der Waals surface area (Å²) >= 11 is 4.63. The van der Waals surface area contributed by atoms with Crippen molar-refractivity contribution in [2.24, 2.45) is 0 Å². The van der Waals surface area contributed by atoms with E-state index in [1.165, 1.54) is 11.3 Å². The number of amides is 1. The van der Waals surface area contributed by atoms with Gasteiger partial charge in [0.2, 0.25) is 0 Å². The topological polar surface area (TPSA) is 68.3 Å². The lowest BCUT2D eigenvalue weighted by Gasteiger charge is -2.02. The zero-order chi connectivity index (χ0) is 19.2. The Morgan fingerprint density at radius 2 is 1.81 bits per heavy atom. The van der Waals surface area contributed by atoms with E-state index in [0.29, 0.717) is 23.0 Å². The van der Waals surface area contributed by atoms with Crippen LogP contribution < -0.4 is 5.32 Å². The maximum atomic E-state index is 12.5. The summed E-state index contributed by atoms with van der Waals surface area (Å²) in [5.74, 6) is -0.567. The number of carbonyl (C=O) groups is 2. The summed E-state index contributed by atoms with van der Waals surface area (Å²) in [6.07, 6.45) is 0.115. The van der Waals surface area contributed by atoms with Crippen molar-refractivity contribution < 1.29 is 14.3 Å². The highest BCUT2D eigenvalue weighted by Crippen LogP contribution is 2.32. The number of carbonyl (C=O) groups excluding carboxylic acids is 2. The van der Waals surface area contributed by atoms with Crippen molar-refractivity contribution in [2.75, 3.05) is 11.9 Å². The Hall–Kier alpha value is -2.51. The first-order valence-corrected chi connectivity index (χ1v) is 9.95. The zero-order valence-corrected chi connectivity index (χ0v) is 17.0. The van der Waals surface area contributed by atoms with Crippen LogP contribution in [0.4, 0.5) is 5.13 Å². The molecule has 7 heteroatoms. The SMILES string of the molecule is CCOC(=O)Cc1sc(NC(=O)c2ccc(Br)cc2)nc1-c1ccccc1. The summed E-state index contributed by atoms with van der Waals surface area (Å²) in [6.45, 7) is 2.10. The normalized spacial score (nSPS) is 10.4. The minimum absolute atomic E-state index is 0.115. The highest BCUT2D eigenvalue weighted by atomic mass is 79.9. The number of halogens is 1. The second-order valence-electron chi connectivity index (χ2n) is 5.60. The monoisotopic (exact) mass is 444 g/mol. The van der Waals surface area contributed by atoms with Gasteiger partial charge in [0.25, 0.3) is 5.91 Å². The predicted molar refractivity (Wildman–Crippen MR) is 110 cm³/mol. The van der Waals surface area contributed by atoms with Gasteiger partial charge in [0.1, 0.15) is 0 Å². The molecular formula is C20H17BrN2O3S. The van der Waals surface area contributed by atoms with Gasteiger partial charge in [0.15, 0.2) is 5.13 Å². The van der Waals surface area contributed by atoms with E-state index in [2.05, 4.69) is 26.2 Å². The Bertz CT molecular complexity index is 940. The highest BCUT2D eigenvalue weighted by Gasteiger charge is 2.18. The molecular weight excluding hydrogens is 428 g/mol. The van der Waals surface area contributed by atoms with Crippen LogP contribution in [-0.4, -0.2) is 23.5 Å². The molecule has 0 aliphatic rings. The second-order valence-corrected chi connectivity index (χ2v) is 7.60. The molecule has 0 saturated heterocycles. The minimum atomic E-state index is -0.316. The van der Waals surface area contributed by atoms with Crippen LogP contribution in [0.1, 0.15) is 22.2 Å². The first kappa shape index (κ1) is 19.3. The summed E-state index contributed by atoms with van der Waals surface area (Å²) in [4.78, 5) is 29.7. The van der Waals surface area contributed by atoms with Crippen molar-refractivity contribution >= 4 is 44.3 Å². The number of rotatable bonds is 6. The third-order valence-corrected chi connectivity index (χ3v) is 5.18. The first-order chi connectivity index (χ1) is 13.1. The largest absolute Gasteiger partial charge is 0.466 e. The Labute approximate surface area is 169 Å². The summed E-state index contributed by atoms with van der Waals surface area (Å²) in [5, 5.41) is 3.26. The molecule has 0 saturated carbocycles. The molecule has 27 heavy (non-hydrogen) atoms. The van der Waals surface area contributed by atoms with Crippen LogP contribution in [0.2, 0.25) is 0 Å². The molecule has 0 unspecified atom stereocenters. The van der Waals surface area contributed by atoms with Gasteiger partial charge >= 0.3 is 5.97 Å². The molecule has 0 spiro atoms. The van der Waals surface area contributed by atoms with E-state index in [0.717, 1.165) is 14.9 Å². The molecule has 3 aromatic rings. The lowest BCUT2D eigenvalue weighted by molar-refractivity contribution is -0.142. The minimum Gasteiger partial charge on any atom is -0.466 e. The van der Waals surface area contributed by atoms with E-state index in [9.17, 15) is 9.59 Å². The van der Waals surface area contributed by atoms with Gasteiger partial charge in [-0.1, -0.05) is 46.3 Å². The molecule has 0 bridgehead atoms. The molecule has 0 atom stereocenters. The molecule has 0 radical (unpaired) electrons. The second kappa shape index (κ2) is 8.92. The summed E-state index contributed by atoms with van der Waals surface area (Å²) in [5.41, 5.74) is 2.10. The van der Waals surface area contributed by atoms with Crippen molar-refractivity contribution in [2.45, 2.75) is 13.3 Å². The van der Waals surface area contributed by atoms with E-state index >= 15 is 0 Å². The number of esters is 1. The third-order valence-electron chi connectivity index (χ3n) is 3.68. The number of hydrogen-bond donors (Lipinski definition) is 1. The number of benzene rings is 2. The fourth-order valence-corrected chi connectivity index (χ4v) is 3.69. The van der Waals surface area contributed by atoms with Crippen LogP contribution in [0.25, 0.3) is 11.3 Å². The molecule has 5 nitrogen and oxygen atoms in total. The van der Waals surface area contributed by atoms with Crippen LogP contribution in [0.5, 0.6) is 0 Å². The van der Waals surface area contributed by atoms with E-state index in [1.54, 1.807) is 31.2 Å². The van der Waals surface area contributed by atoms with E-state index < -0.39 is 0 Å². The standard InChI is InChI=1S/C20H17BrN2O3S/c1-2-26-17(24)12-16-18(13-6-4-3-5-7-13)22-20(27-16)23-19(25)14-8-10-15(21)11-9-14/h3-11H,2,12H2,1H3,(H,22,23,25). The van der Waals surface area contributed by atoms with Crippen molar-refractivity contribution in [3.05, 3.63) is 69.5 Å². The molecule has 1 amide bonds. The van der Waals surface area contributed by atoms with Gasteiger partial charge in [0.05, 0.1) is 18.7 Å². The van der Waals surface area contributed by atoms with Gasteiger partial charge in [-0.05, 0) is 31.2 Å². The molecule has 2 aromatic carbocycles. The van der Waals surface area contributed by atoms with Crippen molar-refractivity contribution in [1.29, 1.82) is 0 Å². The van der Waals surface area contributed by atoms with Crippen LogP contribution in [0.3, 0.4) is 0 Å². The van der Waals surface area contributed by atoms with Crippen molar-refractivity contribution in [3.8, 4) is 11.3 Å². The number of thiazole rings is 1. The van der Waals surface area contributed by atoms with Crippen LogP contribution >= 0.6 is 27.3 Å². The van der Waals surface area contributed by atoms with Gasteiger partial charge in [0, 0.05) is 20.5 Å². The molecule has 0 aliphatic carbocycles. The predicted octanol–water partition coefficient (Wildman–Crippen LogP) is 4.93. The Kier molecular flexibility index (Phi) is 6.36. The lowest BCUT2D eigenvalue weighted by Crippen LogP contribution is -2.11. The Morgan fingerprint density at radius 1 is 1.11 bits per heavy atom. The van der Waals surface area contributed by atoms with E-state index in [1.807, 2.05) is 30.3 Å². The fourth-order valence-electron chi connectivity index (χ4n) is 2.46. The Morgan fingerprint density at radius 3 is 2.48 bits per heavy atom. The van der Waals surface area contributed by atoms with Gasteiger partial charge < -0.3 is 4.74 Å². The zero-order valence-electron chi connectivity index (χ0n) is 14.6. The molecule has 138 valence electrons. The maximum Gasteiger partial charge on any atom is 0.311 e. The summed E-state index contributed by atoms with van der Waals surface area (Å²) in [6, 6.07) is 16.6. The molecule has 1 N–H and O–H groups in total. The lowest BCUT2D eigenvalue weighted by atomic mass is 10.1. The molecule has 0 aliphatic heterocycles.